The molecule has 0 saturated carbocycles. The molecule has 0 aliphatic carbocycles. The minimum Gasteiger partial charge on any atom is -0.383 e. The van der Waals surface area contributed by atoms with Gasteiger partial charge in [-0.2, -0.15) is 13.7 Å². The Hall–Kier alpha value is -5.91. The van der Waals surface area contributed by atoms with Gasteiger partial charge in [-0.15, -0.1) is 0 Å². The van der Waals surface area contributed by atoms with E-state index in [0.717, 1.165) is 72.7 Å². The topological polar surface area (TPSA) is 167 Å². The zero-order valence-corrected chi connectivity index (χ0v) is 32.8. The summed E-state index contributed by atoms with van der Waals surface area (Å²) in [6.45, 7) is 14.7. The number of nitrogen functional groups attached to an aromatic ring is 3. The van der Waals surface area contributed by atoms with Crippen molar-refractivity contribution in [3.8, 4) is 0 Å². The fraction of sp³-hybridized carbons (Fsp3) is 0.357. The van der Waals surface area contributed by atoms with E-state index in [-0.39, 0.29) is 0 Å². The molecule has 282 valence electrons. The van der Waals surface area contributed by atoms with Crippen molar-refractivity contribution >= 4 is 17.5 Å². The fourth-order valence-electron chi connectivity index (χ4n) is 5.54. The van der Waals surface area contributed by atoms with Crippen LogP contribution in [0.5, 0.6) is 0 Å². The second-order valence-electron chi connectivity index (χ2n) is 13.2. The summed E-state index contributed by atoms with van der Waals surface area (Å²) in [5, 5.41) is 0. The normalized spacial score (nSPS) is 10.6. The molecule has 12 nitrogen and oxygen atoms in total. The molecular formula is C42H57N12+3. The van der Waals surface area contributed by atoms with Gasteiger partial charge >= 0.3 is 0 Å². The van der Waals surface area contributed by atoms with Crippen LogP contribution in [-0.4, -0.2) is 29.9 Å². The summed E-state index contributed by atoms with van der Waals surface area (Å²) in [5.74, 6) is 4.24. The van der Waals surface area contributed by atoms with Gasteiger partial charge < -0.3 is 17.2 Å². The largest absolute Gasteiger partial charge is 0.383 e. The number of aromatic nitrogens is 9. The summed E-state index contributed by atoms with van der Waals surface area (Å²) in [7, 11) is 0. The Bertz CT molecular complexity index is 1850. The first-order valence-electron chi connectivity index (χ1n) is 18.8. The second kappa shape index (κ2) is 21.0. The minimum absolute atomic E-state index is 0.587. The number of rotatable bonds is 12. The summed E-state index contributed by atoms with van der Waals surface area (Å²) in [6, 6.07) is 18.3. The minimum atomic E-state index is 0.587. The van der Waals surface area contributed by atoms with Gasteiger partial charge in [0.2, 0.25) is 0 Å². The first-order chi connectivity index (χ1) is 26.1. The van der Waals surface area contributed by atoms with Crippen LogP contribution in [0.2, 0.25) is 0 Å². The smallest absolute Gasteiger partial charge is 0.179 e. The zero-order valence-electron chi connectivity index (χ0n) is 32.8. The van der Waals surface area contributed by atoms with Gasteiger partial charge in [-0.3, -0.25) is 0 Å². The number of hydrogen-bond donors (Lipinski definition) is 3. The Morgan fingerprint density at radius 1 is 0.444 bits per heavy atom. The van der Waals surface area contributed by atoms with Crippen LogP contribution < -0.4 is 30.9 Å². The first kappa shape index (κ1) is 40.9. The first-order valence-corrected chi connectivity index (χ1v) is 18.8. The zero-order chi connectivity index (χ0) is 38.9. The van der Waals surface area contributed by atoms with Crippen molar-refractivity contribution in [3.05, 3.63) is 143 Å². The Morgan fingerprint density at radius 3 is 0.944 bits per heavy atom. The molecule has 6 N–H and O–H groups in total. The van der Waals surface area contributed by atoms with E-state index in [2.05, 4.69) is 103 Å². The van der Waals surface area contributed by atoms with Gasteiger partial charge in [0.15, 0.2) is 55.3 Å². The van der Waals surface area contributed by atoms with Crippen molar-refractivity contribution in [2.75, 3.05) is 17.2 Å². The van der Waals surface area contributed by atoms with Gasteiger partial charge in [-0.05, 0) is 19.3 Å². The Morgan fingerprint density at radius 2 is 0.722 bits per heavy atom. The summed E-state index contributed by atoms with van der Waals surface area (Å²) >= 11 is 0. The molecule has 54 heavy (non-hydrogen) atoms. The molecule has 0 aliphatic heterocycles. The molecule has 6 heterocycles. The van der Waals surface area contributed by atoms with E-state index in [1.807, 2.05) is 73.6 Å². The molecule has 0 radical (unpaired) electrons. The van der Waals surface area contributed by atoms with E-state index >= 15 is 0 Å². The second-order valence-corrected chi connectivity index (χ2v) is 13.2. The summed E-state index contributed by atoms with van der Waals surface area (Å²) in [5.41, 5.74) is 24.4. The fourth-order valence-corrected chi connectivity index (χ4v) is 5.54. The third-order valence-corrected chi connectivity index (χ3v) is 8.79. The van der Waals surface area contributed by atoms with Crippen LogP contribution in [0.4, 0.5) is 17.5 Å². The molecule has 12 heteroatoms. The molecule has 0 fully saturated rings. The molecule has 0 saturated heterocycles. The maximum Gasteiger partial charge on any atom is 0.179 e. The van der Waals surface area contributed by atoms with Crippen molar-refractivity contribution in [2.24, 2.45) is 0 Å². The highest BCUT2D eigenvalue weighted by Crippen LogP contribution is 2.11. The van der Waals surface area contributed by atoms with Crippen molar-refractivity contribution in [3.63, 3.8) is 0 Å². The van der Waals surface area contributed by atoms with Crippen molar-refractivity contribution in [1.29, 1.82) is 0 Å². The van der Waals surface area contributed by atoms with Crippen molar-refractivity contribution < 1.29 is 13.7 Å². The van der Waals surface area contributed by atoms with Crippen LogP contribution in [-0.2, 0) is 38.9 Å². The quantitative estimate of drug-likeness (QED) is 0.148. The average molecular weight is 730 g/mol. The van der Waals surface area contributed by atoms with Crippen LogP contribution in [0, 0.1) is 20.8 Å². The van der Waals surface area contributed by atoms with Crippen LogP contribution in [0.25, 0.3) is 0 Å². The van der Waals surface area contributed by atoms with E-state index in [0.29, 0.717) is 37.1 Å². The standard InChI is InChI=1S/3C14H19N4/c3*1-3-6-13-16-9-12(14(15)17-13)10-18-8-5-4-7-11(18)2/h3*4-5,7-9H,3,6,10H2,1-2H3,(H2,15,16,17)/q3*+1. The summed E-state index contributed by atoms with van der Waals surface area (Å²) < 4.78 is 6.40. The lowest BCUT2D eigenvalue weighted by molar-refractivity contribution is -0.694. The van der Waals surface area contributed by atoms with E-state index in [4.69, 9.17) is 17.2 Å². The monoisotopic (exact) mass is 729 g/mol. The predicted octanol–water partition coefficient (Wildman–Crippen LogP) is 4.97. The lowest BCUT2D eigenvalue weighted by Gasteiger charge is -2.05. The molecule has 0 atom stereocenters. The van der Waals surface area contributed by atoms with Crippen LogP contribution in [0.1, 0.15) is 91.3 Å². The highest BCUT2D eigenvalue weighted by Gasteiger charge is 2.13. The van der Waals surface area contributed by atoms with Gasteiger partial charge in [0.25, 0.3) is 0 Å². The third-order valence-electron chi connectivity index (χ3n) is 8.79. The maximum absolute atomic E-state index is 5.99. The third kappa shape index (κ3) is 12.4. The van der Waals surface area contributed by atoms with Gasteiger partial charge in [0.05, 0.1) is 16.7 Å². The van der Waals surface area contributed by atoms with Gasteiger partial charge in [0.1, 0.15) is 34.9 Å². The number of anilines is 3. The van der Waals surface area contributed by atoms with Crippen LogP contribution in [0.3, 0.4) is 0 Å². The molecule has 0 aliphatic rings. The highest BCUT2D eigenvalue weighted by atomic mass is 15.0. The molecule has 0 aromatic carbocycles. The Kier molecular flexibility index (Phi) is 15.9. The molecular weight excluding hydrogens is 673 g/mol. The highest BCUT2D eigenvalue weighted by molar-refractivity contribution is 5.38. The number of nitrogens with zero attached hydrogens (tertiary/aromatic N) is 9. The van der Waals surface area contributed by atoms with Gasteiger partial charge in [-0.25, -0.2) is 29.9 Å². The number of nitrogens with two attached hydrogens (primary N) is 3. The average Bonchev–Trinajstić information content (AvgIpc) is 3.15. The number of hydrogen-bond acceptors (Lipinski definition) is 9. The van der Waals surface area contributed by atoms with Crippen LogP contribution >= 0.6 is 0 Å². The summed E-state index contributed by atoms with van der Waals surface area (Å²) in [4.78, 5) is 26.1. The SMILES string of the molecule is CCCc1ncc(C[n+]2ccccc2C)c(N)n1.CCCc1ncc(C[n+]2ccccc2C)c(N)n1.CCCc1ncc(C[n+]2ccccc2C)c(N)n1. The van der Waals surface area contributed by atoms with E-state index in [1.54, 1.807) is 0 Å². The molecule has 0 bridgehead atoms. The molecule has 6 rings (SSSR count). The summed E-state index contributed by atoms with van der Waals surface area (Å²) in [6.07, 6.45) is 17.4. The van der Waals surface area contributed by atoms with E-state index in [9.17, 15) is 0 Å². The Labute approximate surface area is 320 Å². The molecule has 0 unspecified atom stereocenters. The Balaban J connectivity index is 0.000000180. The van der Waals surface area contributed by atoms with E-state index < -0.39 is 0 Å². The van der Waals surface area contributed by atoms with E-state index in [1.165, 1.54) is 17.1 Å². The van der Waals surface area contributed by atoms with Gasteiger partial charge in [0, 0.05) is 95.0 Å². The molecule has 0 spiro atoms. The van der Waals surface area contributed by atoms with Crippen LogP contribution in [0.15, 0.2) is 91.8 Å². The van der Waals surface area contributed by atoms with Crippen molar-refractivity contribution in [1.82, 2.24) is 29.9 Å². The maximum atomic E-state index is 5.99. The van der Waals surface area contributed by atoms with Crippen molar-refractivity contribution in [2.45, 2.75) is 99.7 Å². The molecule has 6 aromatic rings. The number of pyridine rings is 3. The number of aryl methyl sites for hydroxylation is 6. The molecule has 0 amide bonds. The lowest BCUT2D eigenvalue weighted by atomic mass is 10.2. The lowest BCUT2D eigenvalue weighted by Crippen LogP contribution is -2.37. The van der Waals surface area contributed by atoms with Gasteiger partial charge in [-0.1, -0.05) is 39.0 Å². The molecule has 6 aromatic heterocycles. The predicted molar refractivity (Wildman–Crippen MR) is 213 cm³/mol.